The molecule has 0 spiro atoms. The van der Waals surface area contributed by atoms with E-state index in [9.17, 15) is 14.7 Å². The van der Waals surface area contributed by atoms with Crippen LogP contribution in [-0.2, 0) is 4.74 Å². The topological polar surface area (TPSA) is 80.0 Å². The Hall–Kier alpha value is -2.44. The smallest absolute Gasteiger partial charge is 0.261 e. The minimum absolute atomic E-state index is 0.0916. The molecule has 1 aromatic heterocycles. The Morgan fingerprint density at radius 1 is 0.949 bits per heavy atom. The molecule has 6 nitrogen and oxygen atoms in total. The molecule has 0 radical (unpaired) electrons. The van der Waals surface area contributed by atoms with Crippen LogP contribution >= 0.6 is 0 Å². The minimum Gasteiger partial charge on any atom is -0.472 e. The molecule has 1 aromatic carbocycles. The van der Waals surface area contributed by atoms with Gasteiger partial charge in [0.05, 0.1) is 48.5 Å². The number of rotatable bonds is 5. The van der Waals surface area contributed by atoms with E-state index in [4.69, 9.17) is 9.15 Å². The number of fused-ring (bicyclic) bond motifs is 6. The molecular weight excluding hydrogens is 490 g/mol. The Bertz CT molecular complexity index is 1240. The summed E-state index contributed by atoms with van der Waals surface area (Å²) in [5, 5.41) is 12.4. The normalized spacial score (nSPS) is 41.2. The fraction of sp³-hybridized carbons (Fsp3) is 0.636. The van der Waals surface area contributed by atoms with Crippen LogP contribution in [0.5, 0.6) is 0 Å². The Morgan fingerprint density at radius 3 is 2.44 bits per heavy atom. The van der Waals surface area contributed by atoms with Gasteiger partial charge in [-0.25, -0.2) is 0 Å². The van der Waals surface area contributed by atoms with Crippen LogP contribution in [0.25, 0.3) is 0 Å². The van der Waals surface area contributed by atoms with Crippen LogP contribution in [0.2, 0.25) is 0 Å². The van der Waals surface area contributed by atoms with Crippen molar-refractivity contribution in [2.24, 2.45) is 28.6 Å². The van der Waals surface area contributed by atoms with E-state index in [1.807, 2.05) is 6.26 Å². The number of furan rings is 1. The molecule has 0 bridgehead atoms. The first kappa shape index (κ1) is 25.5. The van der Waals surface area contributed by atoms with Crippen molar-refractivity contribution in [2.45, 2.75) is 89.3 Å². The van der Waals surface area contributed by atoms with Gasteiger partial charge in [0.25, 0.3) is 11.8 Å². The SMILES string of the molecule is C[C@]12CC[C@H](OCCN3C(=O)c4ccccc4C3=O)C[C@H]1CC[C@@H]1[C@@H]2CC[C@]2(C)[C@@H](c3ccoc3)CC[C@]12O. The van der Waals surface area contributed by atoms with Crippen LogP contribution in [-0.4, -0.2) is 46.7 Å². The van der Waals surface area contributed by atoms with Gasteiger partial charge in [0.15, 0.2) is 0 Å². The van der Waals surface area contributed by atoms with E-state index in [1.165, 1.54) is 16.9 Å². The van der Waals surface area contributed by atoms with E-state index >= 15 is 0 Å². The zero-order valence-electron chi connectivity index (χ0n) is 23.2. The van der Waals surface area contributed by atoms with E-state index in [-0.39, 0.29) is 28.7 Å². The number of carbonyl (C=O) groups is 2. The van der Waals surface area contributed by atoms with Gasteiger partial charge >= 0.3 is 0 Å². The highest BCUT2D eigenvalue weighted by Crippen LogP contribution is 2.70. The van der Waals surface area contributed by atoms with Gasteiger partial charge in [0, 0.05) is 5.41 Å². The molecular formula is C33H41NO5. The van der Waals surface area contributed by atoms with Crippen molar-refractivity contribution >= 4 is 11.8 Å². The molecule has 208 valence electrons. The summed E-state index contributed by atoms with van der Waals surface area (Å²) in [5.41, 5.74) is 1.78. The summed E-state index contributed by atoms with van der Waals surface area (Å²) < 4.78 is 11.8. The molecule has 0 saturated heterocycles. The lowest BCUT2D eigenvalue weighted by atomic mass is 9.43. The molecule has 7 rings (SSSR count). The van der Waals surface area contributed by atoms with Crippen LogP contribution < -0.4 is 0 Å². The summed E-state index contributed by atoms with van der Waals surface area (Å²) in [7, 11) is 0. The number of amides is 2. The summed E-state index contributed by atoms with van der Waals surface area (Å²) in [6, 6.07) is 9.15. The van der Waals surface area contributed by atoms with E-state index < -0.39 is 5.60 Å². The molecule has 2 heterocycles. The molecule has 2 aromatic rings. The van der Waals surface area contributed by atoms with Crippen LogP contribution in [0.4, 0.5) is 0 Å². The standard InChI is InChI=1S/C33H41NO5/c1-31-13-9-23(39-18-16-34-29(35)24-5-3-4-6-25(24)30(34)36)19-22(31)7-8-28-27(31)10-14-32(2)26(11-15-33(28,32)37)21-12-17-38-20-21/h3-6,12,17,20,22-23,26-28,37H,7-11,13-16,18-19H2,1-2H3/t22-,23+,26-,27+,28-,31+,32-,33+/m1/s1. The van der Waals surface area contributed by atoms with Crippen molar-refractivity contribution in [2.75, 3.05) is 13.2 Å². The zero-order valence-corrected chi connectivity index (χ0v) is 23.2. The molecule has 5 aliphatic rings. The molecule has 4 aliphatic carbocycles. The van der Waals surface area contributed by atoms with Crippen LogP contribution in [0.3, 0.4) is 0 Å². The highest BCUT2D eigenvalue weighted by atomic mass is 16.5. The van der Waals surface area contributed by atoms with E-state index in [2.05, 4.69) is 19.9 Å². The second-order valence-corrected chi connectivity index (χ2v) is 13.6. The molecule has 4 fully saturated rings. The second-order valence-electron chi connectivity index (χ2n) is 13.6. The van der Waals surface area contributed by atoms with E-state index in [1.54, 1.807) is 30.5 Å². The van der Waals surface area contributed by atoms with Crippen molar-refractivity contribution in [3.05, 3.63) is 59.5 Å². The number of imide groups is 1. The van der Waals surface area contributed by atoms with E-state index in [0.29, 0.717) is 48.0 Å². The number of benzene rings is 1. The number of ether oxygens (including phenoxy) is 1. The largest absolute Gasteiger partial charge is 0.472 e. The molecule has 39 heavy (non-hydrogen) atoms. The van der Waals surface area contributed by atoms with Gasteiger partial charge < -0.3 is 14.3 Å². The molecule has 6 heteroatoms. The second kappa shape index (κ2) is 9.04. The number of hydrogen-bond donors (Lipinski definition) is 1. The average molecular weight is 532 g/mol. The maximum absolute atomic E-state index is 12.7. The number of hydrogen-bond acceptors (Lipinski definition) is 5. The lowest BCUT2D eigenvalue weighted by Crippen LogP contribution is -2.62. The third-order valence-corrected chi connectivity index (χ3v) is 12.3. The number of carbonyl (C=O) groups excluding carboxylic acids is 2. The first-order chi connectivity index (χ1) is 18.8. The van der Waals surface area contributed by atoms with E-state index in [0.717, 1.165) is 51.4 Å². The van der Waals surface area contributed by atoms with Gasteiger partial charge in [-0.15, -0.1) is 0 Å². The first-order valence-corrected chi connectivity index (χ1v) is 15.1. The summed E-state index contributed by atoms with van der Waals surface area (Å²) in [4.78, 5) is 26.7. The van der Waals surface area contributed by atoms with Gasteiger partial charge in [-0.3, -0.25) is 14.5 Å². The third-order valence-electron chi connectivity index (χ3n) is 12.3. The molecule has 2 amide bonds. The highest BCUT2D eigenvalue weighted by molar-refractivity contribution is 6.21. The molecule has 1 N–H and O–H groups in total. The van der Waals surface area contributed by atoms with Crippen LogP contribution in [0.15, 0.2) is 47.3 Å². The number of nitrogens with zero attached hydrogens (tertiary/aromatic N) is 1. The van der Waals surface area contributed by atoms with Gasteiger partial charge in [0.2, 0.25) is 0 Å². The van der Waals surface area contributed by atoms with Crippen molar-refractivity contribution in [3.63, 3.8) is 0 Å². The predicted octanol–water partition coefficient (Wildman–Crippen LogP) is 6.20. The maximum atomic E-state index is 12.7. The van der Waals surface area contributed by atoms with Gasteiger partial charge in [-0.05, 0) is 111 Å². The number of aliphatic hydroxyl groups is 1. The van der Waals surface area contributed by atoms with Gasteiger partial charge in [-0.2, -0.15) is 0 Å². The van der Waals surface area contributed by atoms with Gasteiger partial charge in [0.1, 0.15) is 0 Å². The molecule has 1 aliphatic heterocycles. The Kier molecular flexibility index (Phi) is 5.91. The summed E-state index contributed by atoms with van der Waals surface area (Å²) >= 11 is 0. The van der Waals surface area contributed by atoms with Crippen LogP contribution in [0, 0.1) is 28.6 Å². The Balaban J connectivity index is 0.997. The van der Waals surface area contributed by atoms with Crippen molar-refractivity contribution in [1.29, 1.82) is 0 Å². The fourth-order valence-electron chi connectivity index (χ4n) is 10.1. The fourth-order valence-corrected chi connectivity index (χ4v) is 10.1. The Morgan fingerprint density at radius 2 is 1.72 bits per heavy atom. The molecule has 0 unspecified atom stereocenters. The minimum atomic E-state index is -0.606. The lowest BCUT2D eigenvalue weighted by Gasteiger charge is -2.63. The van der Waals surface area contributed by atoms with Gasteiger partial charge in [-0.1, -0.05) is 26.0 Å². The summed E-state index contributed by atoms with van der Waals surface area (Å²) in [6.45, 7) is 5.54. The molecule has 4 saturated carbocycles. The predicted molar refractivity (Wildman–Crippen MR) is 146 cm³/mol. The van der Waals surface area contributed by atoms with Crippen molar-refractivity contribution in [1.82, 2.24) is 4.90 Å². The third kappa shape index (κ3) is 3.59. The lowest BCUT2D eigenvalue weighted by molar-refractivity contribution is -0.207. The first-order valence-electron chi connectivity index (χ1n) is 15.1. The molecule has 8 atom stereocenters. The van der Waals surface area contributed by atoms with Crippen molar-refractivity contribution < 1.29 is 23.8 Å². The zero-order chi connectivity index (χ0) is 27.0. The Labute approximate surface area is 231 Å². The van der Waals surface area contributed by atoms with Crippen LogP contribution in [0.1, 0.15) is 104 Å². The summed E-state index contributed by atoms with van der Waals surface area (Å²) in [6.07, 6.45) is 13.4. The highest BCUT2D eigenvalue weighted by Gasteiger charge is 2.67. The maximum Gasteiger partial charge on any atom is 0.261 e. The average Bonchev–Trinajstić information content (AvgIpc) is 3.62. The monoisotopic (exact) mass is 531 g/mol. The summed E-state index contributed by atoms with van der Waals surface area (Å²) in [5.74, 6) is 1.46. The van der Waals surface area contributed by atoms with Crippen molar-refractivity contribution in [3.8, 4) is 0 Å². The quantitative estimate of drug-likeness (QED) is 0.465.